The maximum Gasteiger partial charge on any atom is 0.322 e. The molecule has 20 heavy (non-hydrogen) atoms. The standard InChI is InChI=1S/C13H19NO5S/c1-8(2)12(13(15)16)14-20(17,18)10-5-6-11(19-4)9(3)7-10/h5-8,12,14H,1-4H3,(H,15,16)/t12-/m0/s1. The van der Waals surface area contributed by atoms with Gasteiger partial charge in [-0.1, -0.05) is 13.8 Å². The molecule has 0 aliphatic rings. The zero-order chi connectivity index (χ0) is 15.5. The van der Waals surface area contributed by atoms with Crippen LogP contribution in [-0.4, -0.2) is 32.6 Å². The minimum atomic E-state index is -3.88. The highest BCUT2D eigenvalue weighted by atomic mass is 32.2. The van der Waals surface area contributed by atoms with E-state index in [4.69, 9.17) is 9.84 Å². The second kappa shape index (κ2) is 6.23. The van der Waals surface area contributed by atoms with E-state index in [1.807, 2.05) is 0 Å². The molecule has 1 aromatic carbocycles. The molecule has 2 N–H and O–H groups in total. The first-order chi connectivity index (χ1) is 9.19. The first-order valence-corrected chi connectivity index (χ1v) is 7.57. The molecule has 0 aromatic heterocycles. The molecule has 1 atom stereocenters. The SMILES string of the molecule is COc1ccc(S(=O)(=O)N[C@H](C(=O)O)C(C)C)cc1C. The first kappa shape index (κ1) is 16.5. The summed E-state index contributed by atoms with van der Waals surface area (Å²) in [7, 11) is -2.39. The van der Waals surface area contributed by atoms with E-state index >= 15 is 0 Å². The summed E-state index contributed by atoms with van der Waals surface area (Å²) in [4.78, 5) is 11.1. The molecule has 1 aromatic rings. The summed E-state index contributed by atoms with van der Waals surface area (Å²) in [6.07, 6.45) is 0. The largest absolute Gasteiger partial charge is 0.496 e. The third-order valence-electron chi connectivity index (χ3n) is 2.89. The number of nitrogens with one attached hydrogen (secondary N) is 1. The number of aliphatic carboxylic acids is 1. The van der Waals surface area contributed by atoms with Crippen LogP contribution in [0.1, 0.15) is 19.4 Å². The number of hydrogen-bond donors (Lipinski definition) is 2. The van der Waals surface area contributed by atoms with E-state index in [0.29, 0.717) is 11.3 Å². The average molecular weight is 301 g/mol. The van der Waals surface area contributed by atoms with Crippen LogP contribution in [0.4, 0.5) is 0 Å². The van der Waals surface area contributed by atoms with Gasteiger partial charge in [-0.25, -0.2) is 8.42 Å². The van der Waals surface area contributed by atoms with Gasteiger partial charge in [0.2, 0.25) is 10.0 Å². The molecule has 0 aliphatic heterocycles. The van der Waals surface area contributed by atoms with Crippen LogP contribution in [-0.2, 0) is 14.8 Å². The van der Waals surface area contributed by atoms with E-state index in [1.54, 1.807) is 20.8 Å². The molecular formula is C13H19NO5S. The van der Waals surface area contributed by atoms with E-state index in [-0.39, 0.29) is 10.8 Å². The van der Waals surface area contributed by atoms with Crippen LogP contribution < -0.4 is 9.46 Å². The molecular weight excluding hydrogens is 282 g/mol. The van der Waals surface area contributed by atoms with Crippen LogP contribution in [0, 0.1) is 12.8 Å². The summed E-state index contributed by atoms with van der Waals surface area (Å²) in [6.45, 7) is 5.00. The van der Waals surface area contributed by atoms with Crippen LogP contribution >= 0.6 is 0 Å². The maximum absolute atomic E-state index is 12.2. The molecule has 0 radical (unpaired) electrons. The summed E-state index contributed by atoms with van der Waals surface area (Å²) < 4.78 is 31.6. The lowest BCUT2D eigenvalue weighted by Crippen LogP contribution is -2.44. The lowest BCUT2D eigenvalue weighted by molar-refractivity contribution is -0.140. The Labute approximate surface area is 118 Å². The third kappa shape index (κ3) is 3.71. The number of carbonyl (C=O) groups is 1. The van der Waals surface area contributed by atoms with Gasteiger partial charge >= 0.3 is 5.97 Å². The Hall–Kier alpha value is -1.60. The van der Waals surface area contributed by atoms with Crippen LogP contribution in [0.15, 0.2) is 23.1 Å². The van der Waals surface area contributed by atoms with Gasteiger partial charge in [-0.15, -0.1) is 0 Å². The van der Waals surface area contributed by atoms with Gasteiger partial charge in [0.1, 0.15) is 11.8 Å². The van der Waals surface area contributed by atoms with Crippen molar-refractivity contribution < 1.29 is 23.1 Å². The number of methoxy groups -OCH3 is 1. The zero-order valence-electron chi connectivity index (χ0n) is 11.9. The number of carboxylic acid groups (broad SMARTS) is 1. The Morgan fingerprint density at radius 2 is 1.95 bits per heavy atom. The molecule has 0 amide bonds. The summed E-state index contributed by atoms with van der Waals surface area (Å²) in [5.41, 5.74) is 0.659. The van der Waals surface area contributed by atoms with Crippen LogP contribution in [0.3, 0.4) is 0 Å². The molecule has 0 heterocycles. The molecule has 0 saturated heterocycles. The Kier molecular flexibility index (Phi) is 5.13. The van der Waals surface area contributed by atoms with Gasteiger partial charge in [0.05, 0.1) is 12.0 Å². The molecule has 0 aliphatic carbocycles. The predicted octanol–water partition coefficient (Wildman–Crippen LogP) is 1.39. The van der Waals surface area contributed by atoms with Crippen molar-refractivity contribution in [3.05, 3.63) is 23.8 Å². The summed E-state index contributed by atoms with van der Waals surface area (Å²) in [5, 5.41) is 9.04. The molecule has 0 fully saturated rings. The van der Waals surface area contributed by atoms with E-state index < -0.39 is 22.0 Å². The minimum Gasteiger partial charge on any atom is -0.496 e. The van der Waals surface area contributed by atoms with E-state index in [2.05, 4.69) is 4.72 Å². The monoisotopic (exact) mass is 301 g/mol. The fraction of sp³-hybridized carbons (Fsp3) is 0.462. The summed E-state index contributed by atoms with van der Waals surface area (Å²) in [5.74, 6) is -0.988. The van der Waals surface area contributed by atoms with E-state index in [9.17, 15) is 13.2 Å². The van der Waals surface area contributed by atoms with Crippen LogP contribution in [0.5, 0.6) is 5.75 Å². The second-order valence-electron chi connectivity index (χ2n) is 4.81. The van der Waals surface area contributed by atoms with Gasteiger partial charge in [-0.3, -0.25) is 4.79 Å². The van der Waals surface area contributed by atoms with Gasteiger partial charge in [-0.05, 0) is 36.6 Å². The quantitative estimate of drug-likeness (QED) is 0.828. The average Bonchev–Trinajstić information content (AvgIpc) is 2.35. The van der Waals surface area contributed by atoms with Gasteiger partial charge < -0.3 is 9.84 Å². The third-order valence-corrected chi connectivity index (χ3v) is 4.33. The second-order valence-corrected chi connectivity index (χ2v) is 6.53. The van der Waals surface area contributed by atoms with Gasteiger partial charge in [0.25, 0.3) is 0 Å². The van der Waals surface area contributed by atoms with E-state index in [0.717, 1.165) is 0 Å². The van der Waals surface area contributed by atoms with Crippen LogP contribution in [0.2, 0.25) is 0 Å². The van der Waals surface area contributed by atoms with Crippen molar-refractivity contribution in [3.63, 3.8) is 0 Å². The molecule has 112 valence electrons. The molecule has 0 bridgehead atoms. The first-order valence-electron chi connectivity index (χ1n) is 6.09. The number of rotatable bonds is 6. The molecule has 0 saturated carbocycles. The van der Waals surface area contributed by atoms with Crippen LogP contribution in [0.25, 0.3) is 0 Å². The van der Waals surface area contributed by atoms with Crippen molar-refractivity contribution in [2.24, 2.45) is 5.92 Å². The zero-order valence-corrected chi connectivity index (χ0v) is 12.7. The molecule has 7 heteroatoms. The number of hydrogen-bond acceptors (Lipinski definition) is 4. The Morgan fingerprint density at radius 1 is 1.35 bits per heavy atom. The fourth-order valence-corrected chi connectivity index (χ4v) is 3.15. The van der Waals surface area contributed by atoms with Gasteiger partial charge in [0, 0.05) is 0 Å². The van der Waals surface area contributed by atoms with Crippen molar-refractivity contribution in [1.82, 2.24) is 4.72 Å². The molecule has 0 unspecified atom stereocenters. The van der Waals surface area contributed by atoms with E-state index in [1.165, 1.54) is 25.3 Å². The Balaban J connectivity index is 3.11. The number of sulfonamides is 1. The number of ether oxygens (including phenoxy) is 1. The highest BCUT2D eigenvalue weighted by Crippen LogP contribution is 2.21. The Bertz CT molecular complexity index is 595. The maximum atomic E-state index is 12.2. The topological polar surface area (TPSA) is 92.7 Å². The lowest BCUT2D eigenvalue weighted by atomic mass is 10.1. The fourth-order valence-electron chi connectivity index (χ4n) is 1.72. The van der Waals surface area contributed by atoms with Crippen molar-refractivity contribution >= 4 is 16.0 Å². The van der Waals surface area contributed by atoms with Gasteiger partial charge in [-0.2, -0.15) is 4.72 Å². The van der Waals surface area contributed by atoms with Crippen molar-refractivity contribution in [2.45, 2.75) is 31.7 Å². The van der Waals surface area contributed by atoms with Crippen molar-refractivity contribution in [2.75, 3.05) is 7.11 Å². The lowest BCUT2D eigenvalue weighted by Gasteiger charge is -2.18. The smallest absolute Gasteiger partial charge is 0.322 e. The molecule has 6 nitrogen and oxygen atoms in total. The molecule has 1 rings (SSSR count). The number of carboxylic acids is 1. The highest BCUT2D eigenvalue weighted by molar-refractivity contribution is 7.89. The summed E-state index contributed by atoms with van der Waals surface area (Å²) >= 11 is 0. The summed E-state index contributed by atoms with van der Waals surface area (Å²) in [6, 6.07) is 3.20. The minimum absolute atomic E-state index is 0.0164. The number of aryl methyl sites for hydroxylation is 1. The normalized spacial score (nSPS) is 13.2. The van der Waals surface area contributed by atoms with Crippen molar-refractivity contribution in [3.8, 4) is 5.75 Å². The number of benzene rings is 1. The predicted molar refractivity (Wildman–Crippen MR) is 74.3 cm³/mol. The van der Waals surface area contributed by atoms with Gasteiger partial charge in [0.15, 0.2) is 0 Å². The highest BCUT2D eigenvalue weighted by Gasteiger charge is 2.28. The Morgan fingerprint density at radius 3 is 2.35 bits per heavy atom. The van der Waals surface area contributed by atoms with Crippen molar-refractivity contribution in [1.29, 1.82) is 0 Å². The molecule has 0 spiro atoms.